The predicted molar refractivity (Wildman–Crippen MR) is 76.9 cm³/mol. The lowest BCUT2D eigenvalue weighted by atomic mass is 10.2. The summed E-state index contributed by atoms with van der Waals surface area (Å²) in [6, 6.07) is 5.09. The standard InChI is InChI=1S/C15H25N3/c1-3-4-5-10-18(2)15-11-13(8-9-16-15)12-17-14-6-7-14/h8-9,11,14,17H,3-7,10,12H2,1-2H3. The Labute approximate surface area is 111 Å². The molecule has 2 rings (SSSR count). The van der Waals surface area contributed by atoms with Crippen LogP contribution in [0.25, 0.3) is 0 Å². The average Bonchev–Trinajstić information content (AvgIpc) is 3.21. The van der Waals surface area contributed by atoms with Crippen LogP contribution in [0.5, 0.6) is 0 Å². The number of pyridine rings is 1. The predicted octanol–water partition coefficient (Wildman–Crippen LogP) is 2.96. The molecule has 0 radical (unpaired) electrons. The van der Waals surface area contributed by atoms with E-state index in [1.807, 2.05) is 6.20 Å². The van der Waals surface area contributed by atoms with Crippen molar-refractivity contribution in [3.8, 4) is 0 Å². The molecule has 0 aromatic carbocycles. The molecular weight excluding hydrogens is 222 g/mol. The Morgan fingerprint density at radius 1 is 1.39 bits per heavy atom. The summed E-state index contributed by atoms with van der Waals surface area (Å²) in [6.07, 6.45) is 8.43. The zero-order chi connectivity index (χ0) is 12.8. The number of rotatable bonds is 8. The van der Waals surface area contributed by atoms with Gasteiger partial charge in [-0.3, -0.25) is 0 Å². The SMILES string of the molecule is CCCCCN(C)c1cc(CNC2CC2)ccn1. The lowest BCUT2D eigenvalue weighted by Gasteiger charge is -2.18. The molecular formula is C15H25N3. The third kappa shape index (κ3) is 4.30. The van der Waals surface area contributed by atoms with Crippen LogP contribution in [0.15, 0.2) is 18.3 Å². The maximum absolute atomic E-state index is 4.46. The highest BCUT2D eigenvalue weighted by Crippen LogP contribution is 2.20. The first kappa shape index (κ1) is 13.3. The van der Waals surface area contributed by atoms with Crippen LogP contribution in [0.1, 0.15) is 44.6 Å². The summed E-state index contributed by atoms with van der Waals surface area (Å²) in [5.41, 5.74) is 1.34. The summed E-state index contributed by atoms with van der Waals surface area (Å²) < 4.78 is 0. The number of nitrogens with zero attached hydrogens (tertiary/aromatic N) is 2. The zero-order valence-corrected chi connectivity index (χ0v) is 11.7. The van der Waals surface area contributed by atoms with Gasteiger partial charge in [-0.15, -0.1) is 0 Å². The molecule has 1 heterocycles. The molecule has 0 bridgehead atoms. The van der Waals surface area contributed by atoms with Crippen molar-refractivity contribution in [1.82, 2.24) is 10.3 Å². The summed E-state index contributed by atoms with van der Waals surface area (Å²) in [5.74, 6) is 1.10. The van der Waals surface area contributed by atoms with Gasteiger partial charge >= 0.3 is 0 Å². The summed E-state index contributed by atoms with van der Waals surface area (Å²) in [4.78, 5) is 6.72. The van der Waals surface area contributed by atoms with E-state index >= 15 is 0 Å². The Balaban J connectivity index is 1.84. The van der Waals surface area contributed by atoms with Gasteiger partial charge in [-0.2, -0.15) is 0 Å². The molecule has 0 unspecified atom stereocenters. The third-order valence-electron chi connectivity index (χ3n) is 3.47. The summed E-state index contributed by atoms with van der Waals surface area (Å²) in [6.45, 7) is 4.31. The minimum absolute atomic E-state index is 0.767. The molecule has 0 saturated heterocycles. The van der Waals surface area contributed by atoms with Gasteiger partial charge in [0.2, 0.25) is 0 Å². The first-order valence-corrected chi connectivity index (χ1v) is 7.19. The van der Waals surface area contributed by atoms with Crippen molar-refractivity contribution in [2.24, 2.45) is 0 Å². The van der Waals surface area contributed by atoms with Crippen LogP contribution in [0.2, 0.25) is 0 Å². The van der Waals surface area contributed by atoms with Crippen LogP contribution in [0.3, 0.4) is 0 Å². The van der Waals surface area contributed by atoms with E-state index in [1.54, 1.807) is 0 Å². The molecule has 3 nitrogen and oxygen atoms in total. The van der Waals surface area contributed by atoms with Crippen LogP contribution < -0.4 is 10.2 Å². The first-order chi connectivity index (χ1) is 8.79. The molecule has 100 valence electrons. The normalized spacial score (nSPS) is 14.8. The van der Waals surface area contributed by atoms with Gasteiger partial charge in [0.25, 0.3) is 0 Å². The summed E-state index contributed by atoms with van der Waals surface area (Å²) >= 11 is 0. The Morgan fingerprint density at radius 3 is 2.94 bits per heavy atom. The van der Waals surface area contributed by atoms with Gasteiger partial charge in [-0.05, 0) is 37.0 Å². The van der Waals surface area contributed by atoms with Gasteiger partial charge in [-0.1, -0.05) is 19.8 Å². The number of hydrogen-bond acceptors (Lipinski definition) is 3. The molecule has 1 aliphatic rings. The van der Waals surface area contributed by atoms with Crippen LogP contribution in [0.4, 0.5) is 5.82 Å². The van der Waals surface area contributed by atoms with Crippen molar-refractivity contribution in [2.45, 2.75) is 51.6 Å². The highest BCUT2D eigenvalue weighted by molar-refractivity contribution is 5.39. The quantitative estimate of drug-likeness (QED) is 0.716. The molecule has 0 amide bonds. The smallest absolute Gasteiger partial charge is 0.128 e. The van der Waals surface area contributed by atoms with Crippen LogP contribution in [0, 0.1) is 0 Å². The fraction of sp³-hybridized carbons (Fsp3) is 0.667. The van der Waals surface area contributed by atoms with E-state index in [2.05, 4.69) is 41.3 Å². The van der Waals surface area contributed by atoms with Crippen molar-refractivity contribution in [2.75, 3.05) is 18.5 Å². The molecule has 1 N–H and O–H groups in total. The first-order valence-electron chi connectivity index (χ1n) is 7.19. The number of hydrogen-bond donors (Lipinski definition) is 1. The molecule has 3 heteroatoms. The van der Waals surface area contributed by atoms with Crippen LogP contribution in [-0.4, -0.2) is 24.6 Å². The Bertz CT molecular complexity index is 361. The molecule has 0 aliphatic heterocycles. The Kier molecular flexibility index (Phi) is 5.00. The van der Waals surface area contributed by atoms with Gasteiger partial charge in [0.1, 0.15) is 5.82 Å². The van der Waals surface area contributed by atoms with E-state index < -0.39 is 0 Å². The van der Waals surface area contributed by atoms with Gasteiger partial charge in [-0.25, -0.2) is 4.98 Å². The maximum Gasteiger partial charge on any atom is 0.128 e. The largest absolute Gasteiger partial charge is 0.360 e. The van der Waals surface area contributed by atoms with E-state index in [0.29, 0.717) is 0 Å². The average molecular weight is 247 g/mol. The minimum atomic E-state index is 0.767. The minimum Gasteiger partial charge on any atom is -0.360 e. The Morgan fingerprint density at radius 2 is 2.22 bits per heavy atom. The van der Waals surface area contributed by atoms with Gasteiger partial charge in [0.15, 0.2) is 0 Å². The third-order valence-corrected chi connectivity index (χ3v) is 3.47. The number of unbranched alkanes of at least 4 members (excludes halogenated alkanes) is 2. The molecule has 1 aromatic rings. The molecule has 0 atom stereocenters. The monoisotopic (exact) mass is 247 g/mol. The van der Waals surface area contributed by atoms with Crippen LogP contribution >= 0.6 is 0 Å². The number of aromatic nitrogens is 1. The van der Waals surface area contributed by atoms with Crippen molar-refractivity contribution in [3.05, 3.63) is 23.9 Å². The van der Waals surface area contributed by atoms with E-state index in [1.165, 1.54) is 37.7 Å². The zero-order valence-electron chi connectivity index (χ0n) is 11.7. The maximum atomic E-state index is 4.46. The molecule has 0 spiro atoms. The fourth-order valence-corrected chi connectivity index (χ4v) is 2.04. The summed E-state index contributed by atoms with van der Waals surface area (Å²) in [7, 11) is 2.14. The number of nitrogens with one attached hydrogen (secondary N) is 1. The van der Waals surface area contributed by atoms with E-state index in [4.69, 9.17) is 0 Å². The van der Waals surface area contributed by atoms with Gasteiger partial charge in [0, 0.05) is 32.4 Å². The Hall–Kier alpha value is -1.09. The summed E-state index contributed by atoms with van der Waals surface area (Å²) in [5, 5.41) is 3.55. The van der Waals surface area contributed by atoms with Crippen molar-refractivity contribution in [3.63, 3.8) is 0 Å². The highest BCUT2D eigenvalue weighted by Gasteiger charge is 2.19. The lowest BCUT2D eigenvalue weighted by molar-refractivity contribution is 0.683. The van der Waals surface area contributed by atoms with Gasteiger partial charge in [0.05, 0.1) is 0 Å². The van der Waals surface area contributed by atoms with Gasteiger partial charge < -0.3 is 10.2 Å². The van der Waals surface area contributed by atoms with Crippen molar-refractivity contribution < 1.29 is 0 Å². The molecule has 1 saturated carbocycles. The second-order valence-corrected chi connectivity index (χ2v) is 5.31. The second-order valence-electron chi connectivity index (χ2n) is 5.31. The van der Waals surface area contributed by atoms with Crippen LogP contribution in [-0.2, 0) is 6.54 Å². The van der Waals surface area contributed by atoms with Crippen molar-refractivity contribution in [1.29, 1.82) is 0 Å². The lowest BCUT2D eigenvalue weighted by Crippen LogP contribution is -2.20. The molecule has 1 aliphatic carbocycles. The fourth-order valence-electron chi connectivity index (χ4n) is 2.04. The number of anilines is 1. The van der Waals surface area contributed by atoms with E-state index in [-0.39, 0.29) is 0 Å². The molecule has 18 heavy (non-hydrogen) atoms. The highest BCUT2D eigenvalue weighted by atomic mass is 15.2. The van der Waals surface area contributed by atoms with E-state index in [0.717, 1.165) is 24.9 Å². The second kappa shape index (κ2) is 6.74. The van der Waals surface area contributed by atoms with Crippen molar-refractivity contribution >= 4 is 5.82 Å². The molecule has 1 fully saturated rings. The topological polar surface area (TPSA) is 28.2 Å². The van der Waals surface area contributed by atoms with E-state index in [9.17, 15) is 0 Å². The molecule has 1 aromatic heterocycles.